The van der Waals surface area contributed by atoms with E-state index in [4.69, 9.17) is 4.74 Å². The van der Waals surface area contributed by atoms with Crippen LogP contribution in [0.5, 0.6) is 5.75 Å². The van der Waals surface area contributed by atoms with Crippen LogP contribution in [0.1, 0.15) is 30.3 Å². The fraction of sp³-hybridized carbons (Fsp3) is 0.312. The summed E-state index contributed by atoms with van der Waals surface area (Å²) in [7, 11) is 1.63. The molecular formula is C16H18N2OS. The van der Waals surface area contributed by atoms with Gasteiger partial charge in [0, 0.05) is 10.9 Å². The summed E-state index contributed by atoms with van der Waals surface area (Å²) >= 11 is 1.73. The van der Waals surface area contributed by atoms with Crippen LogP contribution >= 0.6 is 11.3 Å². The maximum atomic E-state index is 9.24. The Kier molecular flexibility index (Phi) is 4.65. The zero-order valence-electron chi connectivity index (χ0n) is 11.9. The van der Waals surface area contributed by atoms with Crippen LogP contribution in [0.3, 0.4) is 0 Å². The van der Waals surface area contributed by atoms with E-state index in [2.05, 4.69) is 36.7 Å². The van der Waals surface area contributed by atoms with Crippen molar-refractivity contribution >= 4 is 17.0 Å². The van der Waals surface area contributed by atoms with Gasteiger partial charge in [-0.3, -0.25) is 0 Å². The van der Waals surface area contributed by atoms with E-state index in [0.717, 1.165) is 11.4 Å². The summed E-state index contributed by atoms with van der Waals surface area (Å²) in [6, 6.07) is 12.0. The maximum Gasteiger partial charge on any atom is 0.121 e. The van der Waals surface area contributed by atoms with Crippen LogP contribution < -0.4 is 10.1 Å². The van der Waals surface area contributed by atoms with Crippen molar-refractivity contribution in [1.29, 1.82) is 5.26 Å². The second-order valence-electron chi connectivity index (χ2n) is 4.90. The highest BCUT2D eigenvalue weighted by molar-refractivity contribution is 7.10. The van der Waals surface area contributed by atoms with Crippen molar-refractivity contribution in [2.75, 3.05) is 12.4 Å². The zero-order chi connectivity index (χ0) is 14.5. The third kappa shape index (κ3) is 3.12. The molecule has 1 N–H and O–H groups in total. The van der Waals surface area contributed by atoms with Gasteiger partial charge in [0.25, 0.3) is 0 Å². The van der Waals surface area contributed by atoms with Gasteiger partial charge in [-0.2, -0.15) is 5.26 Å². The van der Waals surface area contributed by atoms with Crippen LogP contribution in [-0.4, -0.2) is 7.11 Å². The number of anilines is 1. The standard InChI is InChI=1S/C16H18N2OS/c1-11(2)16(15-5-4-8-20-15)18-14-9-13(19-3)7-6-12(14)10-17/h4-9,11,16,18H,1-3H3. The Balaban J connectivity index is 2.33. The molecule has 2 rings (SSSR count). The van der Waals surface area contributed by atoms with E-state index in [1.54, 1.807) is 30.6 Å². The molecule has 0 fully saturated rings. The number of ether oxygens (including phenoxy) is 1. The molecule has 104 valence electrons. The predicted octanol–water partition coefficient (Wildman–Crippen LogP) is 4.44. The minimum atomic E-state index is 0.189. The topological polar surface area (TPSA) is 45.0 Å². The number of benzene rings is 1. The lowest BCUT2D eigenvalue weighted by Crippen LogP contribution is -2.16. The first kappa shape index (κ1) is 14.4. The van der Waals surface area contributed by atoms with Gasteiger partial charge in [-0.15, -0.1) is 11.3 Å². The van der Waals surface area contributed by atoms with Gasteiger partial charge in [0.15, 0.2) is 0 Å². The highest BCUT2D eigenvalue weighted by atomic mass is 32.1. The molecule has 1 heterocycles. The summed E-state index contributed by atoms with van der Waals surface area (Å²) in [6.07, 6.45) is 0. The first-order valence-corrected chi connectivity index (χ1v) is 7.41. The molecule has 0 radical (unpaired) electrons. The van der Waals surface area contributed by atoms with Crippen molar-refractivity contribution in [3.63, 3.8) is 0 Å². The molecule has 1 unspecified atom stereocenters. The van der Waals surface area contributed by atoms with Crippen LogP contribution in [0.2, 0.25) is 0 Å². The molecule has 0 aliphatic rings. The van der Waals surface area contributed by atoms with Crippen molar-refractivity contribution in [2.45, 2.75) is 19.9 Å². The molecule has 20 heavy (non-hydrogen) atoms. The SMILES string of the molecule is COc1ccc(C#N)c(NC(c2cccs2)C(C)C)c1. The molecule has 0 bridgehead atoms. The fourth-order valence-corrected chi connectivity index (χ4v) is 3.02. The van der Waals surface area contributed by atoms with E-state index in [1.165, 1.54) is 4.88 Å². The number of nitriles is 1. The summed E-state index contributed by atoms with van der Waals surface area (Å²) < 4.78 is 5.24. The third-order valence-electron chi connectivity index (χ3n) is 3.17. The van der Waals surface area contributed by atoms with E-state index in [9.17, 15) is 5.26 Å². The molecule has 0 spiro atoms. The van der Waals surface area contributed by atoms with Gasteiger partial charge in [0.05, 0.1) is 24.4 Å². The molecule has 0 saturated carbocycles. The van der Waals surface area contributed by atoms with Gasteiger partial charge in [-0.25, -0.2) is 0 Å². The third-order valence-corrected chi connectivity index (χ3v) is 4.13. The van der Waals surface area contributed by atoms with Crippen LogP contribution in [0, 0.1) is 17.2 Å². The fourth-order valence-electron chi connectivity index (χ4n) is 2.07. The highest BCUT2D eigenvalue weighted by Gasteiger charge is 2.18. The van der Waals surface area contributed by atoms with Gasteiger partial charge < -0.3 is 10.1 Å². The lowest BCUT2D eigenvalue weighted by molar-refractivity contribution is 0.415. The smallest absolute Gasteiger partial charge is 0.121 e. The molecule has 0 amide bonds. The average molecular weight is 286 g/mol. The normalized spacial score (nSPS) is 11.9. The quantitative estimate of drug-likeness (QED) is 0.884. The number of nitrogens with zero attached hydrogens (tertiary/aromatic N) is 1. The van der Waals surface area contributed by atoms with E-state index >= 15 is 0 Å². The molecule has 0 aliphatic carbocycles. The molecule has 0 saturated heterocycles. The number of thiophene rings is 1. The predicted molar refractivity (Wildman–Crippen MR) is 83.2 cm³/mol. The van der Waals surface area contributed by atoms with Gasteiger partial charge in [0.2, 0.25) is 0 Å². The van der Waals surface area contributed by atoms with Crippen molar-refractivity contribution in [2.24, 2.45) is 5.92 Å². The van der Waals surface area contributed by atoms with Crippen molar-refractivity contribution in [3.05, 3.63) is 46.2 Å². The number of hydrogen-bond donors (Lipinski definition) is 1. The Labute approximate surface area is 123 Å². The highest BCUT2D eigenvalue weighted by Crippen LogP contribution is 2.32. The molecule has 3 nitrogen and oxygen atoms in total. The number of rotatable bonds is 5. The summed E-state index contributed by atoms with van der Waals surface area (Å²) in [4.78, 5) is 1.27. The van der Waals surface area contributed by atoms with Crippen LogP contribution in [0.25, 0.3) is 0 Å². The van der Waals surface area contributed by atoms with Crippen LogP contribution in [0.4, 0.5) is 5.69 Å². The largest absolute Gasteiger partial charge is 0.497 e. The summed E-state index contributed by atoms with van der Waals surface area (Å²) in [5, 5.41) is 14.8. The van der Waals surface area contributed by atoms with E-state index < -0.39 is 0 Å². The number of nitrogens with one attached hydrogen (secondary N) is 1. The van der Waals surface area contributed by atoms with Crippen LogP contribution in [-0.2, 0) is 0 Å². The average Bonchev–Trinajstić information content (AvgIpc) is 2.97. The van der Waals surface area contributed by atoms with E-state index in [-0.39, 0.29) is 6.04 Å². The van der Waals surface area contributed by atoms with Crippen LogP contribution in [0.15, 0.2) is 35.7 Å². The second kappa shape index (κ2) is 6.44. The second-order valence-corrected chi connectivity index (χ2v) is 5.88. The minimum Gasteiger partial charge on any atom is -0.497 e. The van der Waals surface area contributed by atoms with Crippen molar-refractivity contribution in [1.82, 2.24) is 0 Å². The number of hydrogen-bond acceptors (Lipinski definition) is 4. The molecular weight excluding hydrogens is 268 g/mol. The zero-order valence-corrected chi connectivity index (χ0v) is 12.7. The lowest BCUT2D eigenvalue weighted by Gasteiger charge is -2.23. The van der Waals surface area contributed by atoms with Gasteiger partial charge >= 0.3 is 0 Å². The minimum absolute atomic E-state index is 0.189. The van der Waals surface area contributed by atoms with Gasteiger partial charge in [0.1, 0.15) is 11.8 Å². The molecule has 0 aliphatic heterocycles. The first-order valence-electron chi connectivity index (χ1n) is 6.53. The molecule has 2 aromatic rings. The Morgan fingerprint density at radius 2 is 2.10 bits per heavy atom. The Morgan fingerprint density at radius 3 is 2.65 bits per heavy atom. The first-order chi connectivity index (χ1) is 9.65. The number of methoxy groups -OCH3 is 1. The van der Waals surface area contributed by atoms with Gasteiger partial charge in [-0.05, 0) is 29.5 Å². The summed E-state index contributed by atoms with van der Waals surface area (Å²) in [5.74, 6) is 1.17. The maximum absolute atomic E-state index is 9.24. The summed E-state index contributed by atoms with van der Waals surface area (Å²) in [5.41, 5.74) is 1.45. The Bertz CT molecular complexity index is 599. The van der Waals surface area contributed by atoms with E-state index in [0.29, 0.717) is 11.5 Å². The monoisotopic (exact) mass is 286 g/mol. The summed E-state index contributed by atoms with van der Waals surface area (Å²) in [6.45, 7) is 4.34. The van der Waals surface area contributed by atoms with E-state index in [1.807, 2.05) is 12.1 Å². The lowest BCUT2D eigenvalue weighted by atomic mass is 10.0. The Hall–Kier alpha value is -1.99. The Morgan fingerprint density at radius 1 is 1.30 bits per heavy atom. The molecule has 1 atom stereocenters. The molecule has 4 heteroatoms. The van der Waals surface area contributed by atoms with Gasteiger partial charge in [-0.1, -0.05) is 19.9 Å². The molecule has 1 aromatic carbocycles. The van der Waals surface area contributed by atoms with Crippen molar-refractivity contribution in [3.8, 4) is 11.8 Å². The molecule has 1 aromatic heterocycles. The van der Waals surface area contributed by atoms with Crippen molar-refractivity contribution < 1.29 is 4.74 Å².